The van der Waals surface area contributed by atoms with E-state index in [4.69, 9.17) is 9.31 Å². The van der Waals surface area contributed by atoms with Gasteiger partial charge in [-0.05, 0) is 68.0 Å². The fraction of sp³-hybridized carbons (Fsp3) is 0.667. The average Bonchev–Trinajstić information content (AvgIpc) is 3.08. The van der Waals surface area contributed by atoms with Gasteiger partial charge >= 0.3 is 13.3 Å². The van der Waals surface area contributed by atoms with Crippen molar-refractivity contribution in [3.63, 3.8) is 0 Å². The molecule has 0 amide bonds. The topological polar surface area (TPSA) is 23.4 Å². The van der Waals surface area contributed by atoms with E-state index in [1.54, 1.807) is 6.07 Å². The summed E-state index contributed by atoms with van der Waals surface area (Å²) in [6.45, 7) is 21.2. The lowest BCUT2D eigenvalue weighted by atomic mass is 9.79. The lowest BCUT2D eigenvalue weighted by Gasteiger charge is -2.44. The highest BCUT2D eigenvalue weighted by Gasteiger charge is 2.53. The van der Waals surface area contributed by atoms with E-state index in [1.807, 2.05) is 33.9 Å². The maximum absolute atomic E-state index is 13.7. The first-order valence-electron chi connectivity index (χ1n) is 11.5. The third-order valence-corrected chi connectivity index (χ3v) is 14.6. The van der Waals surface area contributed by atoms with E-state index in [2.05, 4.69) is 45.8 Å². The first kappa shape index (κ1) is 25.4. The average molecular weight is 467 g/mol. The Bertz CT molecular complexity index is 957. The molecular weight excluding hydrogens is 430 g/mol. The molecule has 3 rings (SSSR count). The van der Waals surface area contributed by atoms with Gasteiger partial charge in [-0.25, -0.2) is 0 Å². The van der Waals surface area contributed by atoms with E-state index >= 15 is 0 Å². The minimum atomic E-state index is -4.40. The van der Waals surface area contributed by atoms with Gasteiger partial charge in [0.15, 0.2) is 8.24 Å². The number of fused-ring (bicyclic) bond motifs is 1. The molecule has 0 saturated carbocycles. The van der Waals surface area contributed by atoms with Gasteiger partial charge in [-0.15, -0.1) is 0 Å². The molecule has 178 valence electrons. The Hall–Kier alpha value is -1.25. The fourth-order valence-electron chi connectivity index (χ4n) is 5.74. The second-order valence-corrected chi connectivity index (χ2v) is 16.8. The van der Waals surface area contributed by atoms with Crippen molar-refractivity contribution in [2.75, 3.05) is 0 Å². The Kier molecular flexibility index (Phi) is 6.27. The van der Waals surface area contributed by atoms with Crippen LogP contribution in [0.5, 0.6) is 0 Å². The molecular formula is C24H37BF3NO2Si. The van der Waals surface area contributed by atoms with Gasteiger partial charge in [-0.1, -0.05) is 47.6 Å². The van der Waals surface area contributed by atoms with Crippen molar-refractivity contribution in [3.05, 3.63) is 30.0 Å². The molecule has 0 aliphatic carbocycles. The van der Waals surface area contributed by atoms with E-state index < -0.39 is 38.3 Å². The number of aromatic nitrogens is 1. The number of hydrogen-bond acceptors (Lipinski definition) is 2. The zero-order chi connectivity index (χ0) is 24.4. The highest BCUT2D eigenvalue weighted by atomic mass is 28.3. The van der Waals surface area contributed by atoms with Crippen molar-refractivity contribution < 1.29 is 22.5 Å². The van der Waals surface area contributed by atoms with Crippen LogP contribution >= 0.6 is 0 Å². The highest BCUT2D eigenvalue weighted by molar-refractivity contribution is 6.83. The Balaban J connectivity index is 2.36. The van der Waals surface area contributed by atoms with Gasteiger partial charge in [0, 0.05) is 11.0 Å². The molecule has 0 N–H and O–H groups in total. The maximum Gasteiger partial charge on any atom is 0.497 e. The molecule has 0 atom stereocenters. The molecule has 1 aliphatic rings. The molecule has 1 aromatic carbocycles. The smallest absolute Gasteiger partial charge is 0.399 e. The third kappa shape index (κ3) is 3.76. The van der Waals surface area contributed by atoms with Crippen LogP contribution in [0.1, 0.15) is 74.8 Å². The van der Waals surface area contributed by atoms with Crippen molar-refractivity contribution >= 4 is 31.7 Å². The van der Waals surface area contributed by atoms with Crippen molar-refractivity contribution in [1.82, 2.24) is 4.23 Å². The zero-order valence-corrected chi connectivity index (χ0v) is 22.0. The van der Waals surface area contributed by atoms with Crippen LogP contribution in [-0.4, -0.2) is 30.8 Å². The van der Waals surface area contributed by atoms with Crippen molar-refractivity contribution in [2.24, 2.45) is 0 Å². The Morgan fingerprint density at radius 3 is 1.75 bits per heavy atom. The quantitative estimate of drug-likeness (QED) is 0.443. The van der Waals surface area contributed by atoms with Crippen LogP contribution in [-0.2, 0) is 15.5 Å². The summed E-state index contributed by atoms with van der Waals surface area (Å²) in [5.41, 5.74) is 0.764. The van der Waals surface area contributed by atoms with Crippen LogP contribution in [0.3, 0.4) is 0 Å². The lowest BCUT2D eigenvalue weighted by Crippen LogP contribution is -2.52. The van der Waals surface area contributed by atoms with Gasteiger partial charge in [0.2, 0.25) is 0 Å². The van der Waals surface area contributed by atoms with Crippen LogP contribution in [0.4, 0.5) is 13.2 Å². The minimum absolute atomic E-state index is 0.332. The number of hydrogen-bond donors (Lipinski definition) is 0. The predicted molar refractivity (Wildman–Crippen MR) is 129 cm³/mol. The summed E-state index contributed by atoms with van der Waals surface area (Å²) < 4.78 is 55.9. The van der Waals surface area contributed by atoms with Crippen LogP contribution in [0, 0.1) is 0 Å². The zero-order valence-electron chi connectivity index (χ0n) is 21.0. The first-order chi connectivity index (χ1) is 14.5. The molecule has 1 fully saturated rings. The summed E-state index contributed by atoms with van der Waals surface area (Å²) in [5.74, 6) is 0. The summed E-state index contributed by atoms with van der Waals surface area (Å²) in [4.78, 5) is 0. The molecule has 2 heterocycles. The van der Waals surface area contributed by atoms with E-state index in [-0.39, 0.29) is 0 Å². The van der Waals surface area contributed by atoms with Crippen molar-refractivity contribution in [1.29, 1.82) is 0 Å². The van der Waals surface area contributed by atoms with Gasteiger partial charge < -0.3 is 13.5 Å². The second kappa shape index (κ2) is 7.91. The standard InChI is InChI=1S/C24H37BF3NO2Si/c1-15(2)32(16(3)4,17(5)6)29-14-20(25-30-22(7,8)23(9,10)31-25)19-12-11-18(13-21(19)29)24(26,27)28/h11-17H,1-10H3. The Morgan fingerprint density at radius 1 is 0.875 bits per heavy atom. The summed E-state index contributed by atoms with van der Waals surface area (Å²) in [6, 6.07) is 4.08. The SMILES string of the molecule is CC(C)[Si](C(C)C)(C(C)C)n1cc(B2OC(C)(C)C(C)(C)O2)c2ccc(C(F)(F)F)cc21. The summed E-state index contributed by atoms with van der Waals surface area (Å²) in [5, 5.41) is 0.773. The highest BCUT2D eigenvalue weighted by Crippen LogP contribution is 2.45. The van der Waals surface area contributed by atoms with E-state index in [0.29, 0.717) is 22.1 Å². The molecule has 1 saturated heterocycles. The van der Waals surface area contributed by atoms with Crippen LogP contribution in [0.2, 0.25) is 16.6 Å². The maximum atomic E-state index is 13.7. The molecule has 3 nitrogen and oxygen atoms in total. The number of alkyl halides is 3. The molecule has 0 radical (unpaired) electrons. The number of nitrogens with zero attached hydrogens (tertiary/aromatic N) is 1. The van der Waals surface area contributed by atoms with Gasteiger partial charge in [-0.2, -0.15) is 13.2 Å². The van der Waals surface area contributed by atoms with Gasteiger partial charge in [-0.3, -0.25) is 0 Å². The van der Waals surface area contributed by atoms with Crippen molar-refractivity contribution in [2.45, 2.75) is 103 Å². The van der Waals surface area contributed by atoms with Gasteiger partial charge in [0.05, 0.1) is 16.8 Å². The Morgan fingerprint density at radius 2 is 1.34 bits per heavy atom. The van der Waals surface area contributed by atoms with Gasteiger partial charge in [0.25, 0.3) is 0 Å². The van der Waals surface area contributed by atoms with E-state index in [9.17, 15) is 13.2 Å². The van der Waals surface area contributed by atoms with Crippen molar-refractivity contribution in [3.8, 4) is 0 Å². The largest absolute Gasteiger partial charge is 0.497 e. The van der Waals surface area contributed by atoms with E-state index in [1.165, 1.54) is 12.1 Å². The molecule has 1 aromatic heterocycles. The van der Waals surface area contributed by atoms with Crippen LogP contribution in [0.25, 0.3) is 10.9 Å². The molecule has 8 heteroatoms. The van der Waals surface area contributed by atoms with Gasteiger partial charge in [0.1, 0.15) is 0 Å². The van der Waals surface area contributed by atoms with Crippen LogP contribution < -0.4 is 5.46 Å². The van der Waals surface area contributed by atoms with Crippen LogP contribution in [0.15, 0.2) is 24.4 Å². The van der Waals surface area contributed by atoms with E-state index in [0.717, 1.165) is 10.8 Å². The monoisotopic (exact) mass is 467 g/mol. The summed E-state index contributed by atoms with van der Waals surface area (Å²) in [6.07, 6.45) is -2.36. The summed E-state index contributed by atoms with van der Waals surface area (Å²) >= 11 is 0. The fourth-order valence-corrected chi connectivity index (χ4v) is 12.4. The molecule has 32 heavy (non-hydrogen) atoms. The normalized spacial score (nSPS) is 19.2. The summed E-state index contributed by atoms with van der Waals surface area (Å²) in [7, 11) is -2.94. The number of benzene rings is 1. The third-order valence-electron chi connectivity index (χ3n) is 7.86. The molecule has 0 unspecified atom stereocenters. The predicted octanol–water partition coefficient (Wildman–Crippen LogP) is 6.98. The minimum Gasteiger partial charge on any atom is -0.399 e. The molecule has 1 aliphatic heterocycles. The molecule has 0 bridgehead atoms. The second-order valence-electron chi connectivity index (χ2n) is 11.1. The first-order valence-corrected chi connectivity index (χ1v) is 13.7. The lowest BCUT2D eigenvalue weighted by molar-refractivity contribution is -0.137. The molecule has 2 aromatic rings. The molecule has 0 spiro atoms. The number of rotatable bonds is 5. The number of halogens is 3. The Labute approximate surface area is 191 Å².